The summed E-state index contributed by atoms with van der Waals surface area (Å²) in [5, 5.41) is 0. The number of hydrogen-bond acceptors (Lipinski definition) is 4. The van der Waals surface area contributed by atoms with Crippen LogP contribution in [0, 0.1) is 0 Å². The van der Waals surface area contributed by atoms with Crippen LogP contribution in [0.1, 0.15) is 12.5 Å². The zero-order valence-corrected chi connectivity index (χ0v) is 10.8. The van der Waals surface area contributed by atoms with Crippen molar-refractivity contribution in [2.24, 2.45) is 0 Å². The zero-order chi connectivity index (χ0) is 13.8. The maximum absolute atomic E-state index is 12.7. The maximum atomic E-state index is 12.7. The molecule has 1 atom stereocenters. The fourth-order valence-electron chi connectivity index (χ4n) is 1.65. The van der Waals surface area contributed by atoms with E-state index >= 15 is 0 Å². The summed E-state index contributed by atoms with van der Waals surface area (Å²) in [4.78, 5) is 11.6. The van der Waals surface area contributed by atoms with Crippen LogP contribution < -0.4 is 4.72 Å². The van der Waals surface area contributed by atoms with Crippen molar-refractivity contribution in [3.05, 3.63) is 35.9 Å². The molecule has 18 heavy (non-hydrogen) atoms. The quantitative estimate of drug-likeness (QED) is 0.642. The lowest BCUT2D eigenvalue weighted by Gasteiger charge is -2.25. The summed E-state index contributed by atoms with van der Waals surface area (Å²) < 4.78 is 40.2. The van der Waals surface area contributed by atoms with Crippen LogP contribution in [0.3, 0.4) is 0 Å². The Hall–Kier alpha value is -1.47. The summed E-state index contributed by atoms with van der Waals surface area (Å²) in [5.74, 6) is -0.854. The maximum Gasteiger partial charge on any atom is 0.373 e. The molecule has 0 saturated carbocycles. The van der Waals surface area contributed by atoms with Gasteiger partial charge in [0.05, 0.1) is 7.11 Å². The second-order valence-corrected chi connectivity index (χ2v) is 5.11. The largest absolute Gasteiger partial charge is 0.468 e. The Kier molecular flexibility index (Phi) is 4.42. The topological polar surface area (TPSA) is 72.5 Å². The lowest BCUT2D eigenvalue weighted by Crippen LogP contribution is -2.53. The number of carbonyl (C=O) groups excluding carboxylic acids is 1. The Balaban J connectivity index is 3.02. The SMILES string of the molecule is COC(=O)C(C)(Cc1ccccc1)NS(=O)(=O)F. The van der Waals surface area contributed by atoms with E-state index < -0.39 is 21.9 Å². The molecule has 1 aromatic carbocycles. The number of hydrogen-bond donors (Lipinski definition) is 1. The fraction of sp³-hybridized carbons (Fsp3) is 0.364. The minimum Gasteiger partial charge on any atom is -0.468 e. The van der Waals surface area contributed by atoms with Gasteiger partial charge in [0.25, 0.3) is 0 Å². The van der Waals surface area contributed by atoms with Crippen molar-refractivity contribution in [3.63, 3.8) is 0 Å². The van der Waals surface area contributed by atoms with Crippen molar-refractivity contribution < 1.29 is 21.8 Å². The zero-order valence-electron chi connectivity index (χ0n) is 10.0. The number of carbonyl (C=O) groups is 1. The average molecular weight is 275 g/mol. The highest BCUT2D eigenvalue weighted by Crippen LogP contribution is 2.16. The van der Waals surface area contributed by atoms with E-state index in [0.717, 1.165) is 7.11 Å². The van der Waals surface area contributed by atoms with Crippen LogP contribution in [0.4, 0.5) is 3.89 Å². The van der Waals surface area contributed by atoms with E-state index in [1.54, 1.807) is 35.1 Å². The molecular weight excluding hydrogens is 261 g/mol. The molecule has 0 aliphatic heterocycles. The number of benzene rings is 1. The minimum absolute atomic E-state index is 0.0103. The van der Waals surface area contributed by atoms with Gasteiger partial charge >= 0.3 is 16.4 Å². The van der Waals surface area contributed by atoms with Gasteiger partial charge in [-0.2, -0.15) is 13.1 Å². The standard InChI is InChI=1S/C11H14FNO4S/c1-11(10(14)17-2,13-18(12,15)16)8-9-6-4-3-5-7-9/h3-7,13H,8H2,1-2H3. The molecule has 0 saturated heterocycles. The van der Waals surface area contributed by atoms with E-state index in [1.807, 2.05) is 0 Å². The molecular formula is C11H14FNO4S. The van der Waals surface area contributed by atoms with Gasteiger partial charge in [0.15, 0.2) is 0 Å². The number of nitrogens with one attached hydrogen (secondary N) is 1. The Morgan fingerprint density at radius 1 is 1.39 bits per heavy atom. The van der Waals surface area contributed by atoms with Gasteiger partial charge in [-0.05, 0) is 12.5 Å². The van der Waals surface area contributed by atoms with Gasteiger partial charge in [0, 0.05) is 6.42 Å². The summed E-state index contributed by atoms with van der Waals surface area (Å²) in [7, 11) is -3.90. The molecule has 1 rings (SSSR count). The summed E-state index contributed by atoms with van der Waals surface area (Å²) in [5.41, 5.74) is -0.995. The summed E-state index contributed by atoms with van der Waals surface area (Å²) in [6, 6.07) is 8.65. The third kappa shape index (κ3) is 4.08. The lowest BCUT2D eigenvalue weighted by atomic mass is 9.94. The van der Waals surface area contributed by atoms with Crippen molar-refractivity contribution >= 4 is 16.4 Å². The number of rotatable bonds is 5. The Bertz CT molecular complexity index is 517. The molecule has 0 aliphatic carbocycles. The normalized spacial score (nSPS) is 14.8. The smallest absolute Gasteiger partial charge is 0.373 e. The first kappa shape index (κ1) is 14.6. The molecule has 7 heteroatoms. The van der Waals surface area contributed by atoms with Crippen molar-refractivity contribution in [1.82, 2.24) is 4.72 Å². The third-order valence-corrected chi connectivity index (χ3v) is 3.08. The highest BCUT2D eigenvalue weighted by Gasteiger charge is 2.38. The third-order valence-electron chi connectivity index (χ3n) is 2.38. The predicted molar refractivity (Wildman–Crippen MR) is 63.7 cm³/mol. The van der Waals surface area contributed by atoms with E-state index in [2.05, 4.69) is 4.74 Å². The Morgan fingerprint density at radius 2 is 1.94 bits per heavy atom. The number of ether oxygens (including phenoxy) is 1. The number of esters is 1. The van der Waals surface area contributed by atoms with Gasteiger partial charge in [0.1, 0.15) is 5.54 Å². The van der Waals surface area contributed by atoms with Crippen molar-refractivity contribution in [2.75, 3.05) is 7.11 Å². The van der Waals surface area contributed by atoms with E-state index in [0.29, 0.717) is 5.56 Å². The first-order valence-electron chi connectivity index (χ1n) is 5.13. The predicted octanol–water partition coefficient (Wildman–Crippen LogP) is 0.965. The molecule has 0 aromatic heterocycles. The second kappa shape index (κ2) is 5.45. The average Bonchev–Trinajstić information content (AvgIpc) is 2.26. The van der Waals surface area contributed by atoms with Crippen LogP contribution in [0.25, 0.3) is 0 Å². The van der Waals surface area contributed by atoms with Crippen LogP contribution in [0.5, 0.6) is 0 Å². The number of methoxy groups -OCH3 is 1. The molecule has 0 bridgehead atoms. The molecule has 1 unspecified atom stereocenters. The van der Waals surface area contributed by atoms with E-state index in [1.165, 1.54) is 6.92 Å². The van der Waals surface area contributed by atoms with Gasteiger partial charge < -0.3 is 4.74 Å². The molecule has 1 N–H and O–H groups in total. The van der Waals surface area contributed by atoms with Crippen LogP contribution in [-0.4, -0.2) is 27.0 Å². The van der Waals surface area contributed by atoms with Crippen LogP contribution >= 0.6 is 0 Å². The molecule has 0 amide bonds. The molecule has 0 fully saturated rings. The van der Waals surface area contributed by atoms with Crippen molar-refractivity contribution in [1.29, 1.82) is 0 Å². The van der Waals surface area contributed by atoms with Gasteiger partial charge in [0.2, 0.25) is 0 Å². The van der Waals surface area contributed by atoms with Gasteiger partial charge in [-0.25, -0.2) is 0 Å². The van der Waals surface area contributed by atoms with Crippen molar-refractivity contribution in [3.8, 4) is 0 Å². The second-order valence-electron chi connectivity index (χ2n) is 4.03. The fourth-order valence-corrected chi connectivity index (χ4v) is 2.34. The monoisotopic (exact) mass is 275 g/mol. The highest BCUT2D eigenvalue weighted by atomic mass is 32.3. The molecule has 0 heterocycles. The first-order chi connectivity index (χ1) is 8.27. The van der Waals surface area contributed by atoms with E-state index in [9.17, 15) is 17.1 Å². The van der Waals surface area contributed by atoms with Crippen LogP contribution in [0.15, 0.2) is 30.3 Å². The van der Waals surface area contributed by atoms with E-state index in [4.69, 9.17) is 0 Å². The van der Waals surface area contributed by atoms with Gasteiger partial charge in [-0.15, -0.1) is 0 Å². The highest BCUT2D eigenvalue weighted by molar-refractivity contribution is 7.84. The summed E-state index contributed by atoms with van der Waals surface area (Å²) >= 11 is 0. The van der Waals surface area contributed by atoms with Crippen LogP contribution in [0.2, 0.25) is 0 Å². The van der Waals surface area contributed by atoms with Gasteiger partial charge in [-0.3, -0.25) is 4.79 Å². The number of halogens is 1. The summed E-state index contributed by atoms with van der Waals surface area (Å²) in [6.45, 7) is 1.27. The minimum atomic E-state index is -5.01. The first-order valence-corrected chi connectivity index (χ1v) is 6.51. The Labute approximate surface area is 105 Å². The molecule has 5 nitrogen and oxygen atoms in total. The summed E-state index contributed by atoms with van der Waals surface area (Å²) in [6.07, 6.45) is -0.0103. The molecule has 1 aromatic rings. The van der Waals surface area contributed by atoms with E-state index in [-0.39, 0.29) is 6.42 Å². The lowest BCUT2D eigenvalue weighted by molar-refractivity contribution is -0.147. The van der Waals surface area contributed by atoms with Gasteiger partial charge in [-0.1, -0.05) is 34.2 Å². The molecule has 0 spiro atoms. The molecule has 0 radical (unpaired) electrons. The van der Waals surface area contributed by atoms with Crippen LogP contribution in [-0.2, 0) is 26.4 Å². The molecule has 0 aliphatic rings. The molecule has 100 valence electrons. The van der Waals surface area contributed by atoms with Crippen molar-refractivity contribution in [2.45, 2.75) is 18.9 Å². The Morgan fingerprint density at radius 3 is 2.39 bits per heavy atom.